The molecule has 0 radical (unpaired) electrons. The zero-order chi connectivity index (χ0) is 35.7. The molecule has 3 atom stereocenters. The van der Waals surface area contributed by atoms with Gasteiger partial charge in [-0.15, -0.1) is 11.3 Å². The largest absolute Gasteiger partial charge is 0.494 e. The van der Waals surface area contributed by atoms with Crippen molar-refractivity contribution in [3.8, 4) is 28.3 Å². The van der Waals surface area contributed by atoms with Gasteiger partial charge in [0.2, 0.25) is 0 Å². The Morgan fingerprint density at radius 3 is 2.16 bits per heavy atom. The van der Waals surface area contributed by atoms with Crippen molar-refractivity contribution < 1.29 is 24.5 Å². The first-order valence-electron chi connectivity index (χ1n) is 17.7. The third-order valence-corrected chi connectivity index (χ3v) is 10.5. The number of aromatic nitrogens is 2. The molecule has 9 nitrogen and oxygen atoms in total. The fourth-order valence-electron chi connectivity index (χ4n) is 5.79. The van der Waals surface area contributed by atoms with Crippen molar-refractivity contribution >= 4 is 23.2 Å². The van der Waals surface area contributed by atoms with E-state index in [-0.39, 0.29) is 23.7 Å². The summed E-state index contributed by atoms with van der Waals surface area (Å²) in [5, 5.41) is 26.8. The molecule has 0 aliphatic heterocycles. The van der Waals surface area contributed by atoms with Crippen LogP contribution in [0.4, 0.5) is 0 Å². The number of amides is 1. The number of hydrogen-bond donors (Lipinski definition) is 4. The molecule has 266 valence electrons. The molecule has 50 heavy (non-hydrogen) atoms. The van der Waals surface area contributed by atoms with Crippen LogP contribution in [0.15, 0.2) is 73.1 Å². The third-order valence-electron chi connectivity index (χ3n) is 9.00. The first-order valence-corrected chi connectivity index (χ1v) is 18.6. The molecule has 0 saturated heterocycles. The van der Waals surface area contributed by atoms with E-state index in [1.165, 1.54) is 37.0 Å². The van der Waals surface area contributed by atoms with Crippen LogP contribution in [0.1, 0.15) is 92.8 Å². The Balaban J connectivity index is 1.22. The molecule has 2 aromatic heterocycles. The molecule has 1 aliphatic carbocycles. The SMILES string of the molecule is CCCCCCCOc1ccc(-c2cnc(-c3ccc(C[C@H](NC(=O)c4ccc(C(C)(C)C)s4)C(O)N[C@@H](C(=O)O)C4CC4)cc3)nc2)cc1. The molecule has 1 amide bonds. The molecule has 0 spiro atoms. The van der Waals surface area contributed by atoms with Gasteiger partial charge in [0.1, 0.15) is 18.0 Å². The highest BCUT2D eigenvalue weighted by molar-refractivity contribution is 7.14. The maximum Gasteiger partial charge on any atom is 0.321 e. The van der Waals surface area contributed by atoms with Crippen molar-refractivity contribution in [2.45, 2.75) is 103 Å². The Hall–Kier alpha value is -4.12. The minimum atomic E-state index is -1.27. The Morgan fingerprint density at radius 2 is 1.56 bits per heavy atom. The number of carbonyl (C=O) groups excluding carboxylic acids is 1. The second kappa shape index (κ2) is 17.2. The Kier molecular flexibility index (Phi) is 12.8. The molecule has 4 N–H and O–H groups in total. The van der Waals surface area contributed by atoms with Crippen LogP contribution in [-0.4, -0.2) is 57.0 Å². The van der Waals surface area contributed by atoms with Gasteiger partial charge in [-0.05, 0) is 72.4 Å². The van der Waals surface area contributed by atoms with E-state index >= 15 is 0 Å². The second-order valence-corrected chi connectivity index (χ2v) is 15.3. The fourth-order valence-corrected chi connectivity index (χ4v) is 6.76. The number of benzene rings is 2. The molecule has 2 aromatic carbocycles. The maximum absolute atomic E-state index is 13.3. The summed E-state index contributed by atoms with van der Waals surface area (Å²) >= 11 is 1.42. The number of hydrogen-bond acceptors (Lipinski definition) is 8. The van der Waals surface area contributed by atoms with Gasteiger partial charge < -0.3 is 20.3 Å². The zero-order valence-corrected chi connectivity index (χ0v) is 30.3. The summed E-state index contributed by atoms with van der Waals surface area (Å²) in [6.45, 7) is 9.22. The van der Waals surface area contributed by atoms with E-state index in [1.807, 2.05) is 67.0 Å². The second-order valence-electron chi connectivity index (χ2n) is 14.2. The van der Waals surface area contributed by atoms with E-state index in [1.54, 1.807) is 6.07 Å². The average molecular weight is 699 g/mol. The summed E-state index contributed by atoms with van der Waals surface area (Å²) in [7, 11) is 0. The van der Waals surface area contributed by atoms with Crippen molar-refractivity contribution in [3.05, 3.63) is 88.4 Å². The van der Waals surface area contributed by atoms with Gasteiger partial charge in [0.05, 0.1) is 17.5 Å². The maximum atomic E-state index is 13.3. The number of aliphatic hydroxyl groups is 1. The number of aliphatic carboxylic acids is 1. The lowest BCUT2D eigenvalue weighted by Gasteiger charge is -2.27. The van der Waals surface area contributed by atoms with E-state index in [2.05, 4.69) is 48.3 Å². The first-order chi connectivity index (χ1) is 24.0. The Morgan fingerprint density at radius 1 is 0.900 bits per heavy atom. The number of unbranched alkanes of at least 4 members (excludes halogenated alkanes) is 4. The van der Waals surface area contributed by atoms with Gasteiger partial charge in [0.15, 0.2) is 5.82 Å². The molecule has 4 aromatic rings. The zero-order valence-electron chi connectivity index (χ0n) is 29.5. The lowest BCUT2D eigenvalue weighted by atomic mass is 9.95. The van der Waals surface area contributed by atoms with Gasteiger partial charge in [-0.2, -0.15) is 0 Å². The molecule has 2 heterocycles. The minimum Gasteiger partial charge on any atom is -0.494 e. The number of ether oxygens (including phenoxy) is 1. The average Bonchev–Trinajstić information content (AvgIpc) is 3.81. The molecule has 1 unspecified atom stereocenters. The van der Waals surface area contributed by atoms with Crippen molar-refractivity contribution in [1.29, 1.82) is 0 Å². The Bertz CT molecular complexity index is 1680. The van der Waals surface area contributed by atoms with E-state index in [0.717, 1.165) is 58.7 Å². The predicted octanol–water partition coefficient (Wildman–Crippen LogP) is 7.63. The van der Waals surface area contributed by atoms with Crippen molar-refractivity contribution in [2.24, 2.45) is 5.92 Å². The number of carboxylic acid groups (broad SMARTS) is 1. The van der Waals surface area contributed by atoms with Crippen LogP contribution in [0.2, 0.25) is 0 Å². The van der Waals surface area contributed by atoms with Gasteiger partial charge >= 0.3 is 5.97 Å². The number of carbonyl (C=O) groups is 2. The number of rotatable bonds is 18. The summed E-state index contributed by atoms with van der Waals surface area (Å²) in [6.07, 6.45) is 10.3. The van der Waals surface area contributed by atoms with Crippen LogP contribution in [0.3, 0.4) is 0 Å². The van der Waals surface area contributed by atoms with E-state index in [0.29, 0.717) is 10.7 Å². The van der Waals surface area contributed by atoms with E-state index < -0.39 is 24.3 Å². The van der Waals surface area contributed by atoms with Crippen LogP contribution in [0, 0.1) is 5.92 Å². The summed E-state index contributed by atoms with van der Waals surface area (Å²) in [5.41, 5.74) is 3.51. The first kappa shape index (κ1) is 37.1. The number of nitrogens with one attached hydrogen (secondary N) is 2. The lowest BCUT2D eigenvalue weighted by molar-refractivity contribution is -0.141. The molecule has 1 fully saturated rings. The summed E-state index contributed by atoms with van der Waals surface area (Å²) < 4.78 is 5.90. The monoisotopic (exact) mass is 698 g/mol. The van der Waals surface area contributed by atoms with Crippen LogP contribution in [0.5, 0.6) is 5.75 Å². The number of nitrogens with zero attached hydrogens (tertiary/aromatic N) is 2. The highest BCUT2D eigenvalue weighted by Gasteiger charge is 2.38. The van der Waals surface area contributed by atoms with Gasteiger partial charge in [-0.3, -0.25) is 14.9 Å². The van der Waals surface area contributed by atoms with Crippen molar-refractivity contribution in [3.63, 3.8) is 0 Å². The van der Waals surface area contributed by atoms with Gasteiger partial charge in [-0.25, -0.2) is 9.97 Å². The van der Waals surface area contributed by atoms with Gasteiger partial charge in [-0.1, -0.05) is 89.8 Å². The van der Waals surface area contributed by atoms with Crippen LogP contribution >= 0.6 is 11.3 Å². The third kappa shape index (κ3) is 10.4. The molecule has 0 bridgehead atoms. The Labute approximate surface area is 299 Å². The van der Waals surface area contributed by atoms with Crippen LogP contribution in [0.25, 0.3) is 22.5 Å². The fraction of sp³-hybridized carbons (Fsp3) is 0.450. The quantitative estimate of drug-likeness (QED) is 0.0616. The highest BCUT2D eigenvalue weighted by atomic mass is 32.1. The molecule has 1 aliphatic rings. The molecule has 5 rings (SSSR count). The molecular formula is C40H50N4O5S. The van der Waals surface area contributed by atoms with E-state index in [9.17, 15) is 19.8 Å². The van der Waals surface area contributed by atoms with Gasteiger partial charge in [0.25, 0.3) is 5.91 Å². The van der Waals surface area contributed by atoms with Crippen molar-refractivity contribution in [1.82, 2.24) is 20.6 Å². The standard InChI is InChI=1S/C40H50N4O5S/c1-5-6-7-8-9-22-49-31-18-16-27(17-19-31)30-24-41-36(42-25-30)29-12-10-26(11-13-29)23-32(37(45)44-35(39(47)48)28-14-15-28)43-38(46)33-20-21-34(50-33)40(2,3)4/h10-13,16-21,24-25,28,32,35,37,44-45H,5-9,14-15,22-23H2,1-4H3,(H,43,46)(H,47,48)/t32-,35+,37?/m0/s1. The summed E-state index contributed by atoms with van der Waals surface area (Å²) in [4.78, 5) is 36.1. The summed E-state index contributed by atoms with van der Waals surface area (Å²) in [6, 6.07) is 17.7. The lowest BCUT2D eigenvalue weighted by Crippen LogP contribution is -2.56. The van der Waals surface area contributed by atoms with E-state index in [4.69, 9.17) is 4.74 Å². The predicted molar refractivity (Wildman–Crippen MR) is 198 cm³/mol. The number of aliphatic hydroxyl groups excluding tert-OH is 1. The minimum absolute atomic E-state index is 0.0286. The van der Waals surface area contributed by atoms with Crippen LogP contribution < -0.4 is 15.4 Å². The van der Waals surface area contributed by atoms with Gasteiger partial charge in [0, 0.05) is 28.4 Å². The number of carboxylic acids is 1. The summed E-state index contributed by atoms with van der Waals surface area (Å²) in [5.74, 6) is 0.0992. The number of thiophene rings is 1. The molecule has 10 heteroatoms. The molecular weight excluding hydrogens is 649 g/mol. The topological polar surface area (TPSA) is 134 Å². The normalized spacial score (nSPS) is 14.9. The smallest absolute Gasteiger partial charge is 0.321 e. The van der Waals surface area contributed by atoms with Crippen LogP contribution in [-0.2, 0) is 16.6 Å². The van der Waals surface area contributed by atoms with Crippen molar-refractivity contribution in [2.75, 3.05) is 6.61 Å². The highest BCUT2D eigenvalue weighted by Crippen LogP contribution is 2.33. The molecule has 1 saturated carbocycles.